The molecular weight excluding hydrogens is 222 g/mol. The Morgan fingerprint density at radius 2 is 1.72 bits per heavy atom. The van der Waals surface area contributed by atoms with Gasteiger partial charge in [-0.25, -0.2) is 0 Å². The van der Waals surface area contributed by atoms with Gasteiger partial charge in [-0.3, -0.25) is 0 Å². The fourth-order valence-corrected chi connectivity index (χ4v) is 3.52. The minimum Gasteiger partial charge on any atom is -0.374 e. The summed E-state index contributed by atoms with van der Waals surface area (Å²) < 4.78 is 6.29. The van der Waals surface area contributed by atoms with Gasteiger partial charge in [0, 0.05) is 12.6 Å². The molecule has 0 bridgehead atoms. The van der Waals surface area contributed by atoms with Crippen molar-refractivity contribution in [3.05, 3.63) is 0 Å². The summed E-state index contributed by atoms with van der Waals surface area (Å²) in [5, 5.41) is 3.78. The maximum Gasteiger partial charge on any atom is 0.0839 e. The van der Waals surface area contributed by atoms with Crippen LogP contribution in [0.25, 0.3) is 0 Å². The van der Waals surface area contributed by atoms with E-state index >= 15 is 0 Å². The van der Waals surface area contributed by atoms with Crippen molar-refractivity contribution in [2.45, 2.75) is 84.8 Å². The Labute approximate surface area is 114 Å². The molecule has 108 valence electrons. The number of rotatable bonds is 6. The second-order valence-corrected chi connectivity index (χ2v) is 6.81. The van der Waals surface area contributed by atoms with Crippen molar-refractivity contribution >= 4 is 0 Å². The first kappa shape index (κ1) is 16.0. The smallest absolute Gasteiger partial charge is 0.0839 e. The van der Waals surface area contributed by atoms with Crippen LogP contribution in [0.1, 0.15) is 73.1 Å². The van der Waals surface area contributed by atoms with Gasteiger partial charge in [-0.15, -0.1) is 0 Å². The third-order valence-corrected chi connectivity index (χ3v) is 4.12. The maximum absolute atomic E-state index is 6.29. The minimum absolute atomic E-state index is 0.0699. The van der Waals surface area contributed by atoms with Crippen LogP contribution < -0.4 is 5.32 Å². The number of hydrogen-bond donors (Lipinski definition) is 1. The lowest BCUT2D eigenvalue weighted by Crippen LogP contribution is -2.59. The van der Waals surface area contributed by atoms with Gasteiger partial charge < -0.3 is 10.1 Å². The van der Waals surface area contributed by atoms with E-state index in [4.69, 9.17) is 4.74 Å². The molecule has 1 rings (SSSR count). The number of ether oxygens (including phenoxy) is 1. The average Bonchev–Trinajstić information content (AvgIpc) is 2.29. The van der Waals surface area contributed by atoms with Gasteiger partial charge >= 0.3 is 0 Å². The molecule has 1 unspecified atom stereocenters. The Bertz CT molecular complexity index is 220. The molecule has 0 amide bonds. The third-order valence-electron chi connectivity index (χ3n) is 4.12. The third kappa shape index (κ3) is 3.96. The summed E-state index contributed by atoms with van der Waals surface area (Å²) in [6.45, 7) is 13.3. The second-order valence-electron chi connectivity index (χ2n) is 6.81. The molecule has 0 aliphatic heterocycles. The first-order valence-electron chi connectivity index (χ1n) is 7.83. The van der Waals surface area contributed by atoms with Crippen LogP contribution in [0.2, 0.25) is 0 Å². The largest absolute Gasteiger partial charge is 0.374 e. The van der Waals surface area contributed by atoms with E-state index in [2.05, 4.69) is 39.9 Å². The molecular formula is C16H33NO. The van der Waals surface area contributed by atoms with E-state index < -0.39 is 0 Å². The van der Waals surface area contributed by atoms with Crippen LogP contribution in [-0.4, -0.2) is 24.8 Å². The molecule has 18 heavy (non-hydrogen) atoms. The zero-order valence-corrected chi connectivity index (χ0v) is 13.1. The zero-order chi connectivity index (χ0) is 13.6. The van der Waals surface area contributed by atoms with Crippen LogP contribution in [0.15, 0.2) is 0 Å². The number of nitrogens with one attached hydrogen (secondary N) is 1. The highest BCUT2D eigenvalue weighted by atomic mass is 16.5. The standard InChI is InChI=1S/C16H33NO/c1-6-13-17-14(15(3,4)5)16(18-7-2)11-9-8-10-12-16/h14,17H,6-13H2,1-5H3. The van der Waals surface area contributed by atoms with Gasteiger partial charge in [0.2, 0.25) is 0 Å². The molecule has 1 atom stereocenters. The van der Waals surface area contributed by atoms with Gasteiger partial charge in [0.15, 0.2) is 0 Å². The van der Waals surface area contributed by atoms with E-state index in [1.54, 1.807) is 0 Å². The highest BCUT2D eigenvalue weighted by Gasteiger charge is 2.45. The lowest BCUT2D eigenvalue weighted by atomic mass is 9.69. The van der Waals surface area contributed by atoms with E-state index in [1.807, 2.05) is 0 Å². The van der Waals surface area contributed by atoms with Crippen molar-refractivity contribution in [3.63, 3.8) is 0 Å². The van der Waals surface area contributed by atoms with Crippen molar-refractivity contribution < 1.29 is 4.74 Å². The predicted molar refractivity (Wildman–Crippen MR) is 79.0 cm³/mol. The summed E-state index contributed by atoms with van der Waals surface area (Å²) in [4.78, 5) is 0. The summed E-state index contributed by atoms with van der Waals surface area (Å²) in [5.74, 6) is 0. The Morgan fingerprint density at radius 3 is 2.17 bits per heavy atom. The van der Waals surface area contributed by atoms with Crippen LogP contribution in [0, 0.1) is 5.41 Å². The first-order chi connectivity index (χ1) is 8.46. The van der Waals surface area contributed by atoms with E-state index in [0.29, 0.717) is 6.04 Å². The van der Waals surface area contributed by atoms with Gasteiger partial charge in [-0.05, 0) is 38.1 Å². The maximum atomic E-state index is 6.29. The fraction of sp³-hybridized carbons (Fsp3) is 1.00. The van der Waals surface area contributed by atoms with Gasteiger partial charge in [-0.2, -0.15) is 0 Å². The van der Waals surface area contributed by atoms with Crippen molar-refractivity contribution in [2.75, 3.05) is 13.2 Å². The molecule has 0 radical (unpaired) electrons. The fourth-order valence-electron chi connectivity index (χ4n) is 3.52. The average molecular weight is 255 g/mol. The van der Waals surface area contributed by atoms with Crippen LogP contribution in [0.4, 0.5) is 0 Å². The molecule has 1 aliphatic rings. The van der Waals surface area contributed by atoms with E-state index in [0.717, 1.165) is 13.2 Å². The van der Waals surface area contributed by atoms with Gasteiger partial charge in [-0.1, -0.05) is 47.0 Å². The lowest BCUT2D eigenvalue weighted by Gasteiger charge is -2.49. The Kier molecular flexibility index (Phi) is 6.13. The van der Waals surface area contributed by atoms with Crippen molar-refractivity contribution in [2.24, 2.45) is 5.41 Å². The minimum atomic E-state index is 0.0699. The monoisotopic (exact) mass is 255 g/mol. The van der Waals surface area contributed by atoms with Crippen LogP contribution in [0.5, 0.6) is 0 Å². The second kappa shape index (κ2) is 6.91. The molecule has 1 aliphatic carbocycles. The molecule has 2 heteroatoms. The normalized spacial score (nSPS) is 21.8. The molecule has 0 aromatic heterocycles. The molecule has 0 aromatic rings. The lowest BCUT2D eigenvalue weighted by molar-refractivity contribution is -0.112. The molecule has 0 heterocycles. The summed E-state index contributed by atoms with van der Waals surface area (Å²) in [7, 11) is 0. The van der Waals surface area contributed by atoms with Crippen molar-refractivity contribution in [1.82, 2.24) is 5.32 Å². The number of hydrogen-bond acceptors (Lipinski definition) is 2. The van der Waals surface area contributed by atoms with Crippen molar-refractivity contribution in [1.29, 1.82) is 0 Å². The Hall–Kier alpha value is -0.0800. The highest BCUT2D eigenvalue weighted by Crippen LogP contribution is 2.41. The molecule has 1 saturated carbocycles. The van der Waals surface area contributed by atoms with E-state index in [1.165, 1.54) is 38.5 Å². The summed E-state index contributed by atoms with van der Waals surface area (Å²) >= 11 is 0. The van der Waals surface area contributed by atoms with Crippen LogP contribution >= 0.6 is 0 Å². The van der Waals surface area contributed by atoms with E-state index in [9.17, 15) is 0 Å². The Morgan fingerprint density at radius 1 is 1.11 bits per heavy atom. The van der Waals surface area contributed by atoms with Gasteiger partial charge in [0.1, 0.15) is 0 Å². The molecule has 0 aromatic carbocycles. The topological polar surface area (TPSA) is 21.3 Å². The molecule has 1 N–H and O–H groups in total. The molecule has 2 nitrogen and oxygen atoms in total. The molecule has 1 fully saturated rings. The molecule has 0 saturated heterocycles. The summed E-state index contributed by atoms with van der Waals surface area (Å²) in [6.07, 6.45) is 7.65. The SMILES string of the molecule is CCCNC(C(C)(C)C)C1(OCC)CCCCC1. The molecule has 0 spiro atoms. The zero-order valence-electron chi connectivity index (χ0n) is 13.1. The summed E-state index contributed by atoms with van der Waals surface area (Å²) in [6, 6.07) is 0.463. The Balaban J connectivity index is 2.88. The quantitative estimate of drug-likeness (QED) is 0.770. The van der Waals surface area contributed by atoms with E-state index in [-0.39, 0.29) is 11.0 Å². The summed E-state index contributed by atoms with van der Waals surface area (Å²) in [5.41, 5.74) is 0.322. The highest BCUT2D eigenvalue weighted by molar-refractivity contribution is 5.01. The van der Waals surface area contributed by atoms with Crippen LogP contribution in [-0.2, 0) is 4.74 Å². The predicted octanol–water partition coefficient (Wildman–Crippen LogP) is 4.14. The first-order valence-corrected chi connectivity index (χ1v) is 7.83. The van der Waals surface area contributed by atoms with Crippen molar-refractivity contribution in [3.8, 4) is 0 Å². The van der Waals surface area contributed by atoms with Gasteiger partial charge in [0.05, 0.1) is 5.60 Å². The van der Waals surface area contributed by atoms with Gasteiger partial charge in [0.25, 0.3) is 0 Å². The van der Waals surface area contributed by atoms with Crippen LogP contribution in [0.3, 0.4) is 0 Å².